The number of anilines is 2. The highest BCUT2D eigenvalue weighted by Crippen LogP contribution is 2.32. The summed E-state index contributed by atoms with van der Waals surface area (Å²) in [7, 11) is 0. The van der Waals surface area contributed by atoms with Gasteiger partial charge in [-0.25, -0.2) is 4.90 Å². The van der Waals surface area contributed by atoms with Crippen LogP contribution in [0.25, 0.3) is 0 Å². The molecule has 2 heterocycles. The summed E-state index contributed by atoms with van der Waals surface area (Å²) < 4.78 is 0. The zero-order valence-electron chi connectivity index (χ0n) is 17.1. The molecule has 0 saturated carbocycles. The van der Waals surface area contributed by atoms with Crippen LogP contribution < -0.4 is 10.2 Å². The van der Waals surface area contributed by atoms with Crippen LogP contribution in [0.4, 0.5) is 11.4 Å². The van der Waals surface area contributed by atoms with E-state index in [1.807, 2.05) is 51.1 Å². The van der Waals surface area contributed by atoms with E-state index in [1.54, 1.807) is 12.1 Å². The van der Waals surface area contributed by atoms with E-state index >= 15 is 0 Å². The maximum Gasteiger partial charge on any atom is 0.263 e. The highest BCUT2D eigenvalue weighted by Gasteiger charge is 2.55. The summed E-state index contributed by atoms with van der Waals surface area (Å²) in [6.45, 7) is 5.83. The lowest BCUT2D eigenvalue weighted by molar-refractivity contribution is -0.123. The number of aryl methyl sites for hydroxylation is 3. The molecule has 8 heteroatoms. The Morgan fingerprint density at radius 1 is 1.03 bits per heavy atom. The molecule has 1 fully saturated rings. The minimum atomic E-state index is -0.919. The molecule has 1 N–H and O–H groups in total. The highest BCUT2D eigenvalue weighted by molar-refractivity contribution is 6.25. The minimum absolute atomic E-state index is 0.167. The number of hydrogen-bond acceptors (Lipinski definition) is 6. The molecule has 0 unspecified atom stereocenters. The lowest BCUT2D eigenvalue weighted by atomic mass is 10.1. The van der Waals surface area contributed by atoms with E-state index in [2.05, 4.69) is 15.7 Å². The Kier molecular flexibility index (Phi) is 5.07. The molecule has 2 aromatic rings. The van der Waals surface area contributed by atoms with Crippen molar-refractivity contribution in [1.82, 2.24) is 5.01 Å². The first-order chi connectivity index (χ1) is 14.4. The van der Waals surface area contributed by atoms with Crippen LogP contribution in [0.1, 0.15) is 23.6 Å². The van der Waals surface area contributed by atoms with Gasteiger partial charge in [-0.05, 0) is 61.2 Å². The Morgan fingerprint density at radius 3 is 2.43 bits per heavy atom. The van der Waals surface area contributed by atoms with Gasteiger partial charge in [0.05, 0.1) is 5.69 Å². The molecule has 30 heavy (non-hydrogen) atoms. The van der Waals surface area contributed by atoms with E-state index in [4.69, 9.17) is 0 Å². The molecule has 8 nitrogen and oxygen atoms in total. The second kappa shape index (κ2) is 7.70. The lowest BCUT2D eigenvalue weighted by Gasteiger charge is -2.20. The van der Waals surface area contributed by atoms with Gasteiger partial charge in [-0.2, -0.15) is 5.11 Å². The first-order valence-corrected chi connectivity index (χ1v) is 9.90. The number of nitrogens with one attached hydrogen (secondary N) is 1. The number of rotatable bonds is 5. The zero-order chi connectivity index (χ0) is 21.4. The molecule has 2 aromatic carbocycles. The zero-order valence-corrected chi connectivity index (χ0v) is 17.1. The molecule has 2 aliphatic rings. The van der Waals surface area contributed by atoms with Crippen molar-refractivity contribution in [2.75, 3.05) is 16.8 Å². The molecule has 0 bridgehead atoms. The standard InChI is InChI=1S/C22H23N5O3/c1-4-15-6-9-17(10-7-15)27-21(29)19-20(22(27)30)26(25-24-19)12-18(28)23-16-8-5-13(2)14(3)11-16/h5-11,19-20H,4,12H2,1-3H3,(H,23,28)/t19-,20+/m1/s1. The topological polar surface area (TPSA) is 94.4 Å². The predicted molar refractivity (Wildman–Crippen MR) is 112 cm³/mol. The third-order valence-corrected chi connectivity index (χ3v) is 5.56. The number of nitrogens with zero attached hydrogens (tertiary/aromatic N) is 4. The van der Waals surface area contributed by atoms with Crippen molar-refractivity contribution in [1.29, 1.82) is 0 Å². The molecule has 4 rings (SSSR count). The average molecular weight is 405 g/mol. The molecule has 2 aliphatic heterocycles. The normalized spacial score (nSPS) is 20.1. The summed E-state index contributed by atoms with van der Waals surface area (Å²) in [6, 6.07) is 11.1. The van der Waals surface area contributed by atoms with E-state index < -0.39 is 23.9 Å². The van der Waals surface area contributed by atoms with Gasteiger partial charge in [0.2, 0.25) is 5.91 Å². The van der Waals surface area contributed by atoms with Gasteiger partial charge in [-0.15, -0.1) is 0 Å². The van der Waals surface area contributed by atoms with Crippen LogP contribution in [-0.4, -0.2) is 41.4 Å². The number of imide groups is 1. The summed E-state index contributed by atoms with van der Waals surface area (Å²) in [5.41, 5.74) is 4.48. The molecular formula is C22H23N5O3. The van der Waals surface area contributed by atoms with Gasteiger partial charge >= 0.3 is 0 Å². The van der Waals surface area contributed by atoms with Gasteiger partial charge in [0.25, 0.3) is 11.8 Å². The first-order valence-electron chi connectivity index (χ1n) is 9.90. The molecule has 0 radical (unpaired) electrons. The quantitative estimate of drug-likeness (QED) is 0.774. The van der Waals surface area contributed by atoms with Crippen LogP contribution in [0.15, 0.2) is 52.8 Å². The van der Waals surface area contributed by atoms with Crippen molar-refractivity contribution in [3.63, 3.8) is 0 Å². The predicted octanol–water partition coefficient (Wildman–Crippen LogP) is 2.80. The number of carbonyl (C=O) groups is 3. The van der Waals surface area contributed by atoms with E-state index in [0.29, 0.717) is 11.4 Å². The SMILES string of the molecule is CCc1ccc(N2C(=O)[C@@H]3[C@@H](N=NN3CC(=O)Nc3ccc(C)c(C)c3)C2=O)cc1. The summed E-state index contributed by atoms with van der Waals surface area (Å²) in [4.78, 5) is 39.4. The fourth-order valence-electron chi connectivity index (χ4n) is 3.66. The highest BCUT2D eigenvalue weighted by atomic mass is 16.2. The van der Waals surface area contributed by atoms with Crippen molar-refractivity contribution < 1.29 is 14.4 Å². The Labute approximate surface area is 174 Å². The fourth-order valence-corrected chi connectivity index (χ4v) is 3.66. The maximum atomic E-state index is 13.0. The Hall–Kier alpha value is -3.55. The van der Waals surface area contributed by atoms with Crippen molar-refractivity contribution in [2.24, 2.45) is 10.3 Å². The largest absolute Gasteiger partial charge is 0.324 e. The van der Waals surface area contributed by atoms with Crippen LogP contribution >= 0.6 is 0 Å². The Bertz CT molecular complexity index is 1050. The van der Waals surface area contributed by atoms with Crippen molar-refractivity contribution in [3.8, 4) is 0 Å². The van der Waals surface area contributed by atoms with E-state index in [-0.39, 0.29) is 12.5 Å². The molecule has 0 spiro atoms. The monoisotopic (exact) mass is 405 g/mol. The third-order valence-electron chi connectivity index (χ3n) is 5.56. The van der Waals surface area contributed by atoms with Gasteiger partial charge in [0.15, 0.2) is 12.1 Å². The van der Waals surface area contributed by atoms with Crippen LogP contribution in [0.2, 0.25) is 0 Å². The Morgan fingerprint density at radius 2 is 1.77 bits per heavy atom. The van der Waals surface area contributed by atoms with Crippen LogP contribution in [0.5, 0.6) is 0 Å². The number of benzene rings is 2. The van der Waals surface area contributed by atoms with Crippen molar-refractivity contribution >= 4 is 29.1 Å². The third kappa shape index (κ3) is 3.45. The number of carbonyl (C=O) groups excluding carboxylic acids is 3. The van der Waals surface area contributed by atoms with Gasteiger partial charge in [-0.1, -0.05) is 30.3 Å². The van der Waals surface area contributed by atoms with E-state index in [1.165, 1.54) is 5.01 Å². The first kappa shape index (κ1) is 19.8. The minimum Gasteiger partial charge on any atom is -0.324 e. The van der Waals surface area contributed by atoms with Crippen molar-refractivity contribution in [3.05, 3.63) is 59.2 Å². The second-order valence-corrected chi connectivity index (χ2v) is 7.57. The second-order valence-electron chi connectivity index (χ2n) is 7.57. The molecule has 1 saturated heterocycles. The number of fused-ring (bicyclic) bond motifs is 1. The van der Waals surface area contributed by atoms with E-state index in [9.17, 15) is 14.4 Å². The lowest BCUT2D eigenvalue weighted by Crippen LogP contribution is -2.43. The number of amides is 3. The van der Waals surface area contributed by atoms with Gasteiger partial charge in [-0.3, -0.25) is 19.4 Å². The van der Waals surface area contributed by atoms with Crippen LogP contribution in [0.3, 0.4) is 0 Å². The maximum absolute atomic E-state index is 13.0. The molecular weight excluding hydrogens is 382 g/mol. The summed E-state index contributed by atoms with van der Waals surface area (Å²) in [5.74, 6) is -1.17. The molecule has 0 aliphatic carbocycles. The molecule has 0 aromatic heterocycles. The average Bonchev–Trinajstić information content (AvgIpc) is 3.24. The number of hydrogen-bond donors (Lipinski definition) is 1. The molecule has 154 valence electrons. The van der Waals surface area contributed by atoms with Crippen LogP contribution in [-0.2, 0) is 20.8 Å². The van der Waals surface area contributed by atoms with Crippen molar-refractivity contribution in [2.45, 2.75) is 39.3 Å². The van der Waals surface area contributed by atoms with Crippen LogP contribution in [0, 0.1) is 13.8 Å². The summed E-state index contributed by atoms with van der Waals surface area (Å²) in [6.07, 6.45) is 0.866. The Balaban J connectivity index is 1.47. The van der Waals surface area contributed by atoms with Gasteiger partial charge < -0.3 is 5.32 Å². The van der Waals surface area contributed by atoms with E-state index in [0.717, 1.165) is 28.0 Å². The molecule has 3 amide bonds. The smallest absolute Gasteiger partial charge is 0.263 e. The fraction of sp³-hybridized carbons (Fsp3) is 0.318. The van der Waals surface area contributed by atoms with Gasteiger partial charge in [0, 0.05) is 5.69 Å². The van der Waals surface area contributed by atoms with Gasteiger partial charge in [0.1, 0.15) is 6.54 Å². The summed E-state index contributed by atoms with van der Waals surface area (Å²) in [5, 5.41) is 12.0. The summed E-state index contributed by atoms with van der Waals surface area (Å²) >= 11 is 0. The molecule has 2 atom stereocenters.